The normalized spacial score (nSPS) is 25.3. The molecule has 1 aromatic rings. The van der Waals surface area contributed by atoms with Crippen molar-refractivity contribution in [3.8, 4) is 0 Å². The highest BCUT2D eigenvalue weighted by atomic mass is 35.5. The van der Waals surface area contributed by atoms with Gasteiger partial charge in [0.2, 0.25) is 0 Å². The van der Waals surface area contributed by atoms with Gasteiger partial charge >= 0.3 is 6.09 Å². The number of anilines is 1. The van der Waals surface area contributed by atoms with Gasteiger partial charge in [-0.25, -0.2) is 4.79 Å². The first-order valence-corrected chi connectivity index (χ1v) is 8.53. The van der Waals surface area contributed by atoms with Crippen LogP contribution in [0.4, 0.5) is 10.5 Å². The molecule has 0 spiro atoms. The molecule has 2 atom stereocenters. The number of carbonyl (C=O) groups excluding carboxylic acids is 1. The van der Waals surface area contributed by atoms with Gasteiger partial charge in [-0.3, -0.25) is 10.2 Å². The highest BCUT2D eigenvalue weighted by Crippen LogP contribution is 2.31. The Morgan fingerprint density at radius 2 is 2.14 bits per heavy atom. The summed E-state index contributed by atoms with van der Waals surface area (Å²) in [5.41, 5.74) is 0.667. The number of hydrogen-bond donors (Lipinski definition) is 1. The second-order valence-electron chi connectivity index (χ2n) is 6.24. The third-order valence-electron chi connectivity index (χ3n) is 4.73. The molecule has 0 radical (unpaired) electrons. The van der Waals surface area contributed by atoms with Crippen LogP contribution in [0.3, 0.4) is 0 Å². The van der Waals surface area contributed by atoms with Crippen LogP contribution in [0.25, 0.3) is 0 Å². The Morgan fingerprint density at radius 1 is 1.27 bits per heavy atom. The Kier molecular flexibility index (Phi) is 5.21. The topological polar surface area (TPSA) is 41.6 Å². The minimum Gasteiger partial charge on any atom is -0.449 e. The summed E-state index contributed by atoms with van der Waals surface area (Å²) < 4.78 is 5.45. The van der Waals surface area contributed by atoms with E-state index in [1.165, 1.54) is 38.8 Å². The van der Waals surface area contributed by atoms with Crippen LogP contribution >= 0.6 is 11.6 Å². The molecule has 0 unspecified atom stereocenters. The maximum atomic E-state index is 11.9. The van der Waals surface area contributed by atoms with Gasteiger partial charge in [0.05, 0.1) is 6.61 Å². The molecule has 1 N–H and O–H groups in total. The molecule has 2 aliphatic rings. The lowest BCUT2D eigenvalue weighted by Crippen LogP contribution is -2.49. The van der Waals surface area contributed by atoms with Crippen molar-refractivity contribution in [2.75, 3.05) is 25.0 Å². The maximum absolute atomic E-state index is 11.9. The minimum absolute atomic E-state index is 0.393. The van der Waals surface area contributed by atoms with E-state index in [1.807, 2.05) is 0 Å². The number of amides is 1. The molecular formula is C17H23ClN2O2. The summed E-state index contributed by atoms with van der Waals surface area (Å²) in [6, 6.07) is 7.70. The van der Waals surface area contributed by atoms with E-state index in [4.69, 9.17) is 16.3 Å². The average Bonchev–Trinajstić information content (AvgIpc) is 2.53. The highest BCUT2D eigenvalue weighted by Gasteiger charge is 2.33. The number of carbonyl (C=O) groups is 1. The molecule has 3 rings (SSSR count). The van der Waals surface area contributed by atoms with Crippen LogP contribution < -0.4 is 5.32 Å². The molecule has 4 nitrogen and oxygen atoms in total. The molecule has 1 amide bonds. The Labute approximate surface area is 136 Å². The molecule has 2 aliphatic heterocycles. The first-order chi connectivity index (χ1) is 10.7. The van der Waals surface area contributed by atoms with E-state index in [-0.39, 0.29) is 0 Å². The second-order valence-corrected chi connectivity index (χ2v) is 6.67. The fourth-order valence-electron chi connectivity index (χ4n) is 3.67. The summed E-state index contributed by atoms with van der Waals surface area (Å²) in [6.45, 7) is 2.92. The number of hydrogen-bond acceptors (Lipinski definition) is 3. The second kappa shape index (κ2) is 7.34. The molecule has 2 fully saturated rings. The third kappa shape index (κ3) is 3.93. The van der Waals surface area contributed by atoms with Gasteiger partial charge in [-0.15, -0.1) is 0 Å². The molecule has 120 valence electrons. The molecular weight excluding hydrogens is 300 g/mol. The molecule has 1 aromatic carbocycles. The van der Waals surface area contributed by atoms with Crippen molar-refractivity contribution >= 4 is 23.4 Å². The van der Waals surface area contributed by atoms with Crippen molar-refractivity contribution in [2.45, 2.75) is 38.1 Å². The number of halogens is 1. The van der Waals surface area contributed by atoms with Gasteiger partial charge in [-0.2, -0.15) is 0 Å². The maximum Gasteiger partial charge on any atom is 0.411 e. The van der Waals surface area contributed by atoms with Gasteiger partial charge in [0.25, 0.3) is 0 Å². The number of benzene rings is 1. The molecule has 0 aromatic heterocycles. The standard InChI is InChI=1S/C17H23ClN2O2/c18-14-6-3-7-15(11-14)19-17(21)22-12-13-5-4-10-20-9-2-1-8-16(13)20/h3,6-7,11,13,16H,1-2,4-5,8-10,12H2,(H,19,21)/t13-,16-/m1/s1. The van der Waals surface area contributed by atoms with Crippen LogP contribution in [0, 0.1) is 5.92 Å². The van der Waals surface area contributed by atoms with Crippen molar-refractivity contribution < 1.29 is 9.53 Å². The van der Waals surface area contributed by atoms with E-state index in [0.717, 1.165) is 6.42 Å². The van der Waals surface area contributed by atoms with Gasteiger partial charge in [0.1, 0.15) is 0 Å². The van der Waals surface area contributed by atoms with Crippen LogP contribution in [0.5, 0.6) is 0 Å². The molecule has 2 heterocycles. The predicted molar refractivity (Wildman–Crippen MR) is 88.4 cm³/mol. The molecule has 0 aliphatic carbocycles. The van der Waals surface area contributed by atoms with Gasteiger partial charge in [0, 0.05) is 22.7 Å². The van der Waals surface area contributed by atoms with Gasteiger partial charge < -0.3 is 4.74 Å². The highest BCUT2D eigenvalue weighted by molar-refractivity contribution is 6.30. The Balaban J connectivity index is 1.50. The lowest BCUT2D eigenvalue weighted by molar-refractivity contribution is 0.0261. The van der Waals surface area contributed by atoms with Gasteiger partial charge in [-0.05, 0) is 57.0 Å². The smallest absolute Gasteiger partial charge is 0.411 e. The fourth-order valence-corrected chi connectivity index (χ4v) is 3.86. The first-order valence-electron chi connectivity index (χ1n) is 8.16. The van der Waals surface area contributed by atoms with Crippen molar-refractivity contribution in [3.63, 3.8) is 0 Å². The van der Waals surface area contributed by atoms with E-state index in [1.54, 1.807) is 24.3 Å². The number of nitrogens with one attached hydrogen (secondary N) is 1. The monoisotopic (exact) mass is 322 g/mol. The van der Waals surface area contributed by atoms with Crippen molar-refractivity contribution in [1.82, 2.24) is 4.90 Å². The largest absolute Gasteiger partial charge is 0.449 e. The van der Waals surface area contributed by atoms with Crippen molar-refractivity contribution in [1.29, 1.82) is 0 Å². The quantitative estimate of drug-likeness (QED) is 0.908. The summed E-state index contributed by atoms with van der Waals surface area (Å²) in [7, 11) is 0. The predicted octanol–water partition coefficient (Wildman–Crippen LogP) is 4.15. The van der Waals surface area contributed by atoms with Crippen molar-refractivity contribution in [2.24, 2.45) is 5.92 Å². The molecule has 22 heavy (non-hydrogen) atoms. The Hall–Kier alpha value is -1.26. The Bertz CT molecular complexity index is 521. The van der Waals surface area contributed by atoms with E-state index in [9.17, 15) is 4.79 Å². The van der Waals surface area contributed by atoms with E-state index < -0.39 is 6.09 Å². The summed E-state index contributed by atoms with van der Waals surface area (Å²) in [6.07, 6.45) is 5.82. The zero-order valence-corrected chi connectivity index (χ0v) is 13.5. The van der Waals surface area contributed by atoms with Crippen LogP contribution in [0.1, 0.15) is 32.1 Å². The molecule has 0 saturated carbocycles. The lowest BCUT2D eigenvalue weighted by Gasteiger charge is -2.44. The van der Waals surface area contributed by atoms with E-state index in [0.29, 0.717) is 29.3 Å². The van der Waals surface area contributed by atoms with Crippen LogP contribution in [0.2, 0.25) is 5.02 Å². The fraction of sp³-hybridized carbons (Fsp3) is 0.588. The zero-order valence-electron chi connectivity index (χ0n) is 12.8. The van der Waals surface area contributed by atoms with Crippen LogP contribution in [-0.2, 0) is 4.74 Å². The molecule has 5 heteroatoms. The summed E-state index contributed by atoms with van der Waals surface area (Å²) in [5, 5.41) is 3.34. The average molecular weight is 323 g/mol. The van der Waals surface area contributed by atoms with E-state index in [2.05, 4.69) is 10.2 Å². The Morgan fingerprint density at radius 3 is 3.00 bits per heavy atom. The summed E-state index contributed by atoms with van der Waals surface area (Å²) in [5.74, 6) is 0.471. The third-order valence-corrected chi connectivity index (χ3v) is 4.96. The SMILES string of the molecule is O=C(Nc1cccc(Cl)c1)OC[C@H]1CCCN2CCCC[C@H]12. The minimum atomic E-state index is -0.393. The van der Waals surface area contributed by atoms with Crippen LogP contribution in [0.15, 0.2) is 24.3 Å². The zero-order chi connectivity index (χ0) is 15.4. The summed E-state index contributed by atoms with van der Waals surface area (Å²) >= 11 is 5.91. The number of fused-ring (bicyclic) bond motifs is 1. The van der Waals surface area contributed by atoms with Gasteiger partial charge in [0.15, 0.2) is 0 Å². The number of rotatable bonds is 3. The van der Waals surface area contributed by atoms with Gasteiger partial charge in [-0.1, -0.05) is 24.1 Å². The number of ether oxygens (including phenoxy) is 1. The first kappa shape index (κ1) is 15.6. The van der Waals surface area contributed by atoms with E-state index >= 15 is 0 Å². The summed E-state index contributed by atoms with van der Waals surface area (Å²) in [4.78, 5) is 14.5. The lowest BCUT2D eigenvalue weighted by atomic mass is 9.84. The molecule has 0 bridgehead atoms. The number of piperidine rings is 2. The number of nitrogens with zero attached hydrogens (tertiary/aromatic N) is 1. The van der Waals surface area contributed by atoms with Crippen LogP contribution in [-0.4, -0.2) is 36.7 Å². The molecule has 2 saturated heterocycles. The van der Waals surface area contributed by atoms with Crippen molar-refractivity contribution in [3.05, 3.63) is 29.3 Å².